The van der Waals surface area contributed by atoms with Crippen LogP contribution in [0.3, 0.4) is 0 Å². The monoisotopic (exact) mass is 260 g/mol. The third-order valence-corrected chi connectivity index (χ3v) is 1.86. The second-order valence-electron chi connectivity index (χ2n) is 3.29. The van der Waals surface area contributed by atoms with E-state index >= 15 is 0 Å². The van der Waals surface area contributed by atoms with Crippen LogP contribution in [0.1, 0.15) is 0 Å². The zero-order valence-corrected chi connectivity index (χ0v) is 9.57. The Morgan fingerprint density at radius 1 is 1.33 bits per heavy atom. The van der Waals surface area contributed by atoms with E-state index in [1.165, 1.54) is 24.3 Å². The number of benzene rings is 1. The normalized spacial score (nSPS) is 10.4. The number of ether oxygens (including phenoxy) is 2. The van der Waals surface area contributed by atoms with Crippen molar-refractivity contribution in [1.82, 2.24) is 0 Å². The maximum absolute atomic E-state index is 11.9. The number of amides is 1. The average Bonchev–Trinajstić information content (AvgIpc) is 2.31. The fourth-order valence-electron chi connectivity index (χ4n) is 1.16. The van der Waals surface area contributed by atoms with E-state index in [2.05, 4.69) is 10.1 Å². The molecule has 0 radical (unpaired) electrons. The molecule has 0 unspecified atom stereocenters. The first-order chi connectivity index (χ1) is 8.61. The van der Waals surface area contributed by atoms with Crippen molar-refractivity contribution in [3.63, 3.8) is 0 Å². The second kappa shape index (κ2) is 7.57. The van der Waals surface area contributed by atoms with E-state index in [1.54, 1.807) is 0 Å². The summed E-state index contributed by atoms with van der Waals surface area (Å²) >= 11 is 0. The summed E-state index contributed by atoms with van der Waals surface area (Å²) in [6, 6.07) is 5.59. The van der Waals surface area contributed by atoms with E-state index in [-0.39, 0.29) is 18.3 Å². The average molecular weight is 260 g/mol. The van der Waals surface area contributed by atoms with Crippen molar-refractivity contribution >= 4 is 11.6 Å². The molecular weight excluding hydrogens is 246 g/mol. The molecule has 0 atom stereocenters. The number of carbonyl (C=O) groups is 1. The number of hydrogen-bond acceptors (Lipinski definition) is 4. The molecule has 0 fully saturated rings. The molecule has 0 heterocycles. The van der Waals surface area contributed by atoms with Gasteiger partial charge in [0.25, 0.3) is 0 Å². The van der Waals surface area contributed by atoms with Gasteiger partial charge in [-0.05, 0) is 24.3 Å². The molecule has 0 aromatic heterocycles. The highest BCUT2D eigenvalue weighted by Gasteiger charge is 2.05. The Kier molecular flexibility index (Phi) is 6.03. The Morgan fingerprint density at radius 2 is 2.00 bits per heavy atom. The maximum atomic E-state index is 11.9. The van der Waals surface area contributed by atoms with Crippen LogP contribution in [0.5, 0.6) is 5.75 Å². The third kappa shape index (κ3) is 5.55. The Labute approximate surface area is 103 Å². The summed E-state index contributed by atoms with van der Waals surface area (Å²) in [5.74, 6) is -0.312. The molecule has 0 saturated carbocycles. The lowest BCUT2D eigenvalue weighted by molar-refractivity contribution is -0.120. The van der Waals surface area contributed by atoms with Crippen molar-refractivity contribution in [2.24, 2.45) is 5.73 Å². The first kappa shape index (κ1) is 14.3. The van der Waals surface area contributed by atoms with Gasteiger partial charge in [-0.2, -0.15) is 8.78 Å². The molecule has 5 nitrogen and oxygen atoms in total. The van der Waals surface area contributed by atoms with Crippen LogP contribution < -0.4 is 15.8 Å². The van der Waals surface area contributed by atoms with E-state index in [0.29, 0.717) is 18.8 Å². The quantitative estimate of drug-likeness (QED) is 0.722. The summed E-state index contributed by atoms with van der Waals surface area (Å²) < 4.78 is 32.9. The topological polar surface area (TPSA) is 73.6 Å². The molecule has 0 aliphatic heterocycles. The number of rotatable bonds is 7. The predicted molar refractivity (Wildman–Crippen MR) is 61.6 cm³/mol. The van der Waals surface area contributed by atoms with E-state index in [1.807, 2.05) is 0 Å². The van der Waals surface area contributed by atoms with Gasteiger partial charge < -0.3 is 20.5 Å². The lowest BCUT2D eigenvalue weighted by Gasteiger charge is -2.07. The van der Waals surface area contributed by atoms with Gasteiger partial charge in [-0.15, -0.1) is 0 Å². The zero-order valence-electron chi connectivity index (χ0n) is 9.57. The van der Waals surface area contributed by atoms with E-state index in [4.69, 9.17) is 10.5 Å². The highest BCUT2D eigenvalue weighted by Crippen LogP contribution is 2.17. The Bertz CT molecular complexity index is 371. The molecule has 0 spiro atoms. The molecule has 18 heavy (non-hydrogen) atoms. The molecule has 0 aliphatic rings. The van der Waals surface area contributed by atoms with Crippen molar-refractivity contribution in [2.75, 3.05) is 25.1 Å². The van der Waals surface area contributed by atoms with Crippen molar-refractivity contribution < 1.29 is 23.0 Å². The molecule has 1 aromatic rings. The fourth-order valence-corrected chi connectivity index (χ4v) is 1.16. The largest absolute Gasteiger partial charge is 0.435 e. The van der Waals surface area contributed by atoms with Gasteiger partial charge >= 0.3 is 6.61 Å². The molecule has 3 N–H and O–H groups in total. The Hall–Kier alpha value is -1.73. The van der Waals surface area contributed by atoms with Crippen LogP contribution in [-0.2, 0) is 9.53 Å². The van der Waals surface area contributed by atoms with Crippen LogP contribution in [0, 0.1) is 0 Å². The molecule has 100 valence electrons. The van der Waals surface area contributed by atoms with Gasteiger partial charge in [0.2, 0.25) is 5.91 Å². The van der Waals surface area contributed by atoms with Gasteiger partial charge in [0, 0.05) is 12.2 Å². The van der Waals surface area contributed by atoms with Gasteiger partial charge in [-0.3, -0.25) is 4.79 Å². The zero-order chi connectivity index (χ0) is 13.4. The second-order valence-corrected chi connectivity index (χ2v) is 3.29. The predicted octanol–water partition coefficient (Wildman–Crippen LogP) is 1.20. The van der Waals surface area contributed by atoms with Crippen LogP contribution in [0.4, 0.5) is 14.5 Å². The lowest BCUT2D eigenvalue weighted by atomic mass is 10.3. The van der Waals surface area contributed by atoms with Gasteiger partial charge in [0.15, 0.2) is 0 Å². The number of halogens is 2. The summed E-state index contributed by atoms with van der Waals surface area (Å²) in [5, 5.41) is 2.53. The van der Waals surface area contributed by atoms with Crippen molar-refractivity contribution in [3.05, 3.63) is 24.3 Å². The van der Waals surface area contributed by atoms with Crippen LogP contribution in [0.25, 0.3) is 0 Å². The summed E-state index contributed by atoms with van der Waals surface area (Å²) in [6.45, 7) is -2.33. The minimum atomic E-state index is -2.87. The number of nitrogens with one attached hydrogen (secondary N) is 1. The summed E-state index contributed by atoms with van der Waals surface area (Å²) in [7, 11) is 0. The first-order valence-corrected chi connectivity index (χ1v) is 5.24. The molecule has 7 heteroatoms. The molecular formula is C11H14F2N2O3. The molecule has 1 amide bonds. The summed E-state index contributed by atoms with van der Waals surface area (Å²) in [6.07, 6.45) is 0. The van der Waals surface area contributed by atoms with Crippen molar-refractivity contribution in [3.8, 4) is 5.75 Å². The molecule has 0 aliphatic carbocycles. The van der Waals surface area contributed by atoms with Crippen molar-refractivity contribution in [2.45, 2.75) is 6.61 Å². The van der Waals surface area contributed by atoms with Crippen molar-refractivity contribution in [1.29, 1.82) is 0 Å². The summed E-state index contributed by atoms with van der Waals surface area (Å²) in [5.41, 5.74) is 5.66. The molecule has 0 bridgehead atoms. The Morgan fingerprint density at radius 3 is 2.56 bits per heavy atom. The third-order valence-electron chi connectivity index (χ3n) is 1.86. The van der Waals surface area contributed by atoms with Gasteiger partial charge in [0.05, 0.1) is 6.61 Å². The number of carbonyl (C=O) groups excluding carboxylic acids is 1. The number of nitrogens with two attached hydrogens (primary N) is 1. The standard InChI is InChI=1S/C11H14F2N2O3/c12-11(13)18-9-3-1-8(2-4-9)15-10(16)7-17-6-5-14/h1-4,11H,5-7,14H2,(H,15,16). The number of anilines is 1. The number of hydrogen-bond donors (Lipinski definition) is 2. The molecule has 1 rings (SSSR count). The minimum Gasteiger partial charge on any atom is -0.435 e. The molecule has 1 aromatic carbocycles. The van der Waals surface area contributed by atoms with E-state index in [9.17, 15) is 13.6 Å². The van der Waals surface area contributed by atoms with Gasteiger partial charge in [0.1, 0.15) is 12.4 Å². The number of alkyl halides is 2. The van der Waals surface area contributed by atoms with Gasteiger partial charge in [-0.25, -0.2) is 0 Å². The SMILES string of the molecule is NCCOCC(=O)Nc1ccc(OC(F)F)cc1. The smallest absolute Gasteiger partial charge is 0.387 e. The van der Waals surface area contributed by atoms with Crippen LogP contribution in [-0.4, -0.2) is 32.3 Å². The van der Waals surface area contributed by atoms with Crippen LogP contribution in [0.2, 0.25) is 0 Å². The minimum absolute atomic E-state index is 0.0300. The maximum Gasteiger partial charge on any atom is 0.387 e. The first-order valence-electron chi connectivity index (χ1n) is 5.24. The van der Waals surface area contributed by atoms with Gasteiger partial charge in [-0.1, -0.05) is 0 Å². The summed E-state index contributed by atoms with van der Waals surface area (Å²) in [4.78, 5) is 11.3. The Balaban J connectivity index is 2.40. The lowest BCUT2D eigenvalue weighted by Crippen LogP contribution is -2.20. The van der Waals surface area contributed by atoms with Crippen LogP contribution in [0.15, 0.2) is 24.3 Å². The van der Waals surface area contributed by atoms with E-state index in [0.717, 1.165) is 0 Å². The molecule has 0 saturated heterocycles. The fraction of sp³-hybridized carbons (Fsp3) is 0.364. The highest BCUT2D eigenvalue weighted by molar-refractivity contribution is 5.91. The highest BCUT2D eigenvalue weighted by atomic mass is 19.3. The van der Waals surface area contributed by atoms with E-state index < -0.39 is 6.61 Å². The van der Waals surface area contributed by atoms with Crippen LogP contribution >= 0.6 is 0 Å².